The van der Waals surface area contributed by atoms with E-state index in [1.807, 2.05) is 0 Å². The van der Waals surface area contributed by atoms with E-state index in [-0.39, 0.29) is 6.10 Å². The molecule has 0 aromatic rings. The molecule has 2 aliphatic rings. The van der Waals surface area contributed by atoms with Crippen LogP contribution in [0, 0.1) is 23.2 Å². The van der Waals surface area contributed by atoms with E-state index in [1.165, 1.54) is 38.8 Å². The SMILES string of the molecule is CC1CCN(CC2CC(C(C)(C)C)CCC2O)CC1. The van der Waals surface area contributed by atoms with Crippen LogP contribution in [0.15, 0.2) is 0 Å². The van der Waals surface area contributed by atoms with Crippen molar-refractivity contribution in [1.29, 1.82) is 0 Å². The third-order valence-corrected chi connectivity index (χ3v) is 5.54. The van der Waals surface area contributed by atoms with Gasteiger partial charge in [0.2, 0.25) is 0 Å². The van der Waals surface area contributed by atoms with Crippen LogP contribution >= 0.6 is 0 Å². The zero-order chi connectivity index (χ0) is 14.0. The molecular weight excluding hydrogens is 234 g/mol. The summed E-state index contributed by atoms with van der Waals surface area (Å²) in [5.41, 5.74) is 0.398. The highest BCUT2D eigenvalue weighted by molar-refractivity contribution is 4.87. The molecule has 0 aromatic carbocycles. The maximum absolute atomic E-state index is 10.3. The molecule has 0 radical (unpaired) electrons. The molecule has 112 valence electrons. The normalized spacial score (nSPS) is 35.5. The van der Waals surface area contributed by atoms with Gasteiger partial charge in [-0.1, -0.05) is 27.7 Å². The summed E-state index contributed by atoms with van der Waals surface area (Å²) in [5, 5.41) is 10.3. The molecule has 1 N–H and O–H groups in total. The fourth-order valence-electron chi connectivity index (χ4n) is 3.81. The van der Waals surface area contributed by atoms with Crippen LogP contribution in [0.1, 0.15) is 59.8 Å². The van der Waals surface area contributed by atoms with E-state index in [4.69, 9.17) is 0 Å². The lowest BCUT2D eigenvalue weighted by Gasteiger charge is -2.42. The third kappa shape index (κ3) is 4.19. The summed E-state index contributed by atoms with van der Waals surface area (Å²) in [6.07, 6.45) is 6.06. The summed E-state index contributed by atoms with van der Waals surface area (Å²) in [6, 6.07) is 0. The Hall–Kier alpha value is -0.0800. The number of piperidine rings is 1. The van der Waals surface area contributed by atoms with Gasteiger partial charge in [0.25, 0.3) is 0 Å². The monoisotopic (exact) mass is 267 g/mol. The van der Waals surface area contributed by atoms with Gasteiger partial charge >= 0.3 is 0 Å². The van der Waals surface area contributed by atoms with Gasteiger partial charge in [0, 0.05) is 6.54 Å². The Morgan fingerprint density at radius 2 is 1.68 bits per heavy atom. The first-order valence-electron chi connectivity index (χ1n) is 8.26. The minimum absolute atomic E-state index is 0.0575. The molecule has 1 heterocycles. The van der Waals surface area contributed by atoms with Crippen LogP contribution in [0.4, 0.5) is 0 Å². The van der Waals surface area contributed by atoms with Gasteiger partial charge in [-0.15, -0.1) is 0 Å². The standard InChI is InChI=1S/C17H33NO/c1-13-7-9-18(10-8-13)12-14-11-15(17(2,3)4)5-6-16(14)19/h13-16,19H,5-12H2,1-4H3. The summed E-state index contributed by atoms with van der Waals surface area (Å²) >= 11 is 0. The number of aliphatic hydroxyl groups is 1. The zero-order valence-corrected chi connectivity index (χ0v) is 13.4. The van der Waals surface area contributed by atoms with Crippen LogP contribution < -0.4 is 0 Å². The van der Waals surface area contributed by atoms with Crippen molar-refractivity contribution >= 4 is 0 Å². The molecular formula is C17H33NO. The first-order valence-corrected chi connectivity index (χ1v) is 8.26. The lowest BCUT2D eigenvalue weighted by atomic mass is 9.68. The van der Waals surface area contributed by atoms with Crippen molar-refractivity contribution in [2.24, 2.45) is 23.2 Å². The Bertz CT molecular complexity index is 275. The van der Waals surface area contributed by atoms with Crippen molar-refractivity contribution < 1.29 is 5.11 Å². The Morgan fingerprint density at radius 1 is 1.05 bits per heavy atom. The minimum atomic E-state index is -0.0575. The highest BCUT2D eigenvalue weighted by atomic mass is 16.3. The van der Waals surface area contributed by atoms with Gasteiger partial charge in [0.05, 0.1) is 6.10 Å². The van der Waals surface area contributed by atoms with Crippen molar-refractivity contribution in [3.05, 3.63) is 0 Å². The smallest absolute Gasteiger partial charge is 0.0580 e. The molecule has 3 unspecified atom stereocenters. The molecule has 0 aromatic heterocycles. The number of hydrogen-bond donors (Lipinski definition) is 1. The minimum Gasteiger partial charge on any atom is -0.393 e. The fourth-order valence-corrected chi connectivity index (χ4v) is 3.81. The van der Waals surface area contributed by atoms with Crippen LogP contribution in [-0.2, 0) is 0 Å². The molecule has 19 heavy (non-hydrogen) atoms. The van der Waals surface area contributed by atoms with E-state index >= 15 is 0 Å². The predicted octanol–water partition coefficient (Wildman–Crippen LogP) is 3.54. The van der Waals surface area contributed by atoms with E-state index in [2.05, 4.69) is 32.6 Å². The number of aliphatic hydroxyl groups excluding tert-OH is 1. The molecule has 0 bridgehead atoms. The summed E-state index contributed by atoms with van der Waals surface area (Å²) < 4.78 is 0. The lowest BCUT2D eigenvalue weighted by molar-refractivity contribution is -0.000908. The lowest BCUT2D eigenvalue weighted by Crippen LogP contribution is -2.43. The van der Waals surface area contributed by atoms with E-state index in [9.17, 15) is 5.11 Å². The highest BCUT2D eigenvalue weighted by Gasteiger charge is 2.36. The second-order valence-electron chi connectivity index (χ2n) is 8.19. The average Bonchev–Trinajstić information content (AvgIpc) is 2.33. The number of rotatable bonds is 2. The largest absolute Gasteiger partial charge is 0.393 e. The summed E-state index contributed by atoms with van der Waals surface area (Å²) in [6.45, 7) is 13.0. The van der Waals surface area contributed by atoms with Gasteiger partial charge < -0.3 is 10.0 Å². The van der Waals surface area contributed by atoms with Crippen LogP contribution in [0.2, 0.25) is 0 Å². The maximum atomic E-state index is 10.3. The first-order chi connectivity index (χ1) is 8.86. The quantitative estimate of drug-likeness (QED) is 0.827. The molecule has 1 saturated carbocycles. The molecule has 2 nitrogen and oxygen atoms in total. The van der Waals surface area contributed by atoms with Gasteiger partial charge in [0.15, 0.2) is 0 Å². The van der Waals surface area contributed by atoms with Crippen molar-refractivity contribution in [2.75, 3.05) is 19.6 Å². The Kier molecular flexibility index (Phi) is 4.94. The molecule has 2 fully saturated rings. The van der Waals surface area contributed by atoms with Gasteiger partial charge in [-0.05, 0) is 68.4 Å². The molecule has 1 saturated heterocycles. The average molecular weight is 267 g/mol. The maximum Gasteiger partial charge on any atom is 0.0580 e. The van der Waals surface area contributed by atoms with Crippen molar-refractivity contribution in [3.8, 4) is 0 Å². The second kappa shape index (κ2) is 6.13. The Balaban J connectivity index is 1.87. The fraction of sp³-hybridized carbons (Fsp3) is 1.00. The summed E-state index contributed by atoms with van der Waals surface area (Å²) in [7, 11) is 0. The van der Waals surface area contributed by atoms with E-state index in [0.29, 0.717) is 11.3 Å². The van der Waals surface area contributed by atoms with Crippen LogP contribution in [0.5, 0.6) is 0 Å². The molecule has 0 spiro atoms. The van der Waals surface area contributed by atoms with Gasteiger partial charge in [-0.3, -0.25) is 0 Å². The van der Waals surface area contributed by atoms with E-state index in [1.54, 1.807) is 0 Å². The molecule has 0 amide bonds. The van der Waals surface area contributed by atoms with Gasteiger partial charge in [0.1, 0.15) is 0 Å². The van der Waals surface area contributed by atoms with Crippen molar-refractivity contribution in [3.63, 3.8) is 0 Å². The van der Waals surface area contributed by atoms with Gasteiger partial charge in [-0.25, -0.2) is 0 Å². The van der Waals surface area contributed by atoms with Crippen LogP contribution in [-0.4, -0.2) is 35.7 Å². The highest BCUT2D eigenvalue weighted by Crippen LogP contribution is 2.40. The zero-order valence-electron chi connectivity index (χ0n) is 13.4. The van der Waals surface area contributed by atoms with E-state index < -0.39 is 0 Å². The molecule has 1 aliphatic carbocycles. The molecule has 2 rings (SSSR count). The third-order valence-electron chi connectivity index (χ3n) is 5.54. The van der Waals surface area contributed by atoms with Gasteiger partial charge in [-0.2, -0.15) is 0 Å². The van der Waals surface area contributed by atoms with Crippen molar-refractivity contribution in [1.82, 2.24) is 4.90 Å². The second-order valence-corrected chi connectivity index (χ2v) is 8.19. The number of likely N-dealkylation sites (tertiary alicyclic amines) is 1. The first kappa shape index (κ1) is 15.3. The number of nitrogens with zero attached hydrogens (tertiary/aromatic N) is 1. The molecule has 1 aliphatic heterocycles. The topological polar surface area (TPSA) is 23.5 Å². The molecule has 2 heteroatoms. The Morgan fingerprint density at radius 3 is 2.26 bits per heavy atom. The van der Waals surface area contributed by atoms with Crippen LogP contribution in [0.25, 0.3) is 0 Å². The predicted molar refractivity (Wildman–Crippen MR) is 81.1 cm³/mol. The van der Waals surface area contributed by atoms with Crippen LogP contribution in [0.3, 0.4) is 0 Å². The van der Waals surface area contributed by atoms with E-state index in [0.717, 1.165) is 24.8 Å². The summed E-state index contributed by atoms with van der Waals surface area (Å²) in [4.78, 5) is 2.60. The molecule has 3 atom stereocenters. The Labute approximate surface area is 119 Å². The number of hydrogen-bond acceptors (Lipinski definition) is 2. The summed E-state index contributed by atoms with van der Waals surface area (Å²) in [5.74, 6) is 2.19. The van der Waals surface area contributed by atoms with Crippen molar-refractivity contribution in [2.45, 2.75) is 65.9 Å².